The van der Waals surface area contributed by atoms with Gasteiger partial charge in [-0.1, -0.05) is 12.1 Å². The lowest BCUT2D eigenvalue weighted by atomic mass is 10.0. The first-order chi connectivity index (χ1) is 7.58. The van der Waals surface area contributed by atoms with E-state index >= 15 is 0 Å². The van der Waals surface area contributed by atoms with Gasteiger partial charge in [-0.15, -0.1) is 0 Å². The third kappa shape index (κ3) is 2.82. The molecule has 4 heteroatoms. The molecule has 1 aromatic carbocycles. The minimum absolute atomic E-state index is 0.207. The number of hydrogen-bond acceptors (Lipinski definition) is 4. The van der Waals surface area contributed by atoms with Crippen molar-refractivity contribution < 1.29 is 19.1 Å². The van der Waals surface area contributed by atoms with Crippen LogP contribution in [0.2, 0.25) is 0 Å². The number of benzene rings is 1. The zero-order valence-corrected chi connectivity index (χ0v) is 9.57. The second-order valence-electron chi connectivity index (χ2n) is 3.39. The van der Waals surface area contributed by atoms with Gasteiger partial charge in [0, 0.05) is 0 Å². The SMILES string of the molecule is COC(=O)Cc1ccc(C(=O)OC)c(C)c1. The smallest absolute Gasteiger partial charge is 0.338 e. The molecule has 0 aliphatic carbocycles. The number of rotatable bonds is 3. The number of methoxy groups -OCH3 is 2. The number of carbonyl (C=O) groups is 2. The molecule has 0 fully saturated rings. The Balaban J connectivity index is 2.91. The first-order valence-corrected chi connectivity index (χ1v) is 4.83. The predicted octanol–water partition coefficient (Wildman–Crippen LogP) is 1.50. The molecule has 0 aliphatic heterocycles. The normalized spacial score (nSPS) is 9.69. The summed E-state index contributed by atoms with van der Waals surface area (Å²) in [6, 6.07) is 5.15. The summed E-state index contributed by atoms with van der Waals surface area (Å²) in [4.78, 5) is 22.4. The zero-order valence-electron chi connectivity index (χ0n) is 9.57. The average molecular weight is 222 g/mol. The quantitative estimate of drug-likeness (QED) is 0.727. The van der Waals surface area contributed by atoms with Gasteiger partial charge in [0.05, 0.1) is 26.2 Å². The number of ether oxygens (including phenoxy) is 2. The minimum atomic E-state index is -0.373. The fourth-order valence-corrected chi connectivity index (χ4v) is 1.41. The Morgan fingerprint density at radius 2 is 1.88 bits per heavy atom. The van der Waals surface area contributed by atoms with Crippen LogP contribution in [0.4, 0.5) is 0 Å². The molecule has 86 valence electrons. The highest BCUT2D eigenvalue weighted by molar-refractivity contribution is 5.91. The molecule has 16 heavy (non-hydrogen) atoms. The van der Waals surface area contributed by atoms with E-state index in [1.807, 2.05) is 0 Å². The maximum atomic E-state index is 11.3. The molecule has 4 nitrogen and oxygen atoms in total. The summed E-state index contributed by atoms with van der Waals surface area (Å²) < 4.78 is 9.19. The van der Waals surface area contributed by atoms with Gasteiger partial charge in [-0.05, 0) is 24.1 Å². The molecular weight excluding hydrogens is 208 g/mol. The fourth-order valence-electron chi connectivity index (χ4n) is 1.41. The molecular formula is C12H14O4. The molecule has 0 amide bonds. The molecule has 0 saturated carbocycles. The Hall–Kier alpha value is -1.84. The Labute approximate surface area is 94.2 Å². The van der Waals surface area contributed by atoms with Gasteiger partial charge in [-0.25, -0.2) is 4.79 Å². The standard InChI is InChI=1S/C12H14O4/c1-8-6-9(7-11(13)15-2)4-5-10(8)12(14)16-3/h4-6H,7H2,1-3H3. The summed E-state index contributed by atoms with van der Waals surface area (Å²) in [5.74, 6) is -0.674. The van der Waals surface area contributed by atoms with E-state index in [9.17, 15) is 9.59 Å². The summed E-state index contributed by atoms with van der Waals surface area (Å²) in [6.07, 6.45) is 0.207. The number of carbonyl (C=O) groups excluding carboxylic acids is 2. The zero-order chi connectivity index (χ0) is 12.1. The molecule has 0 unspecified atom stereocenters. The Morgan fingerprint density at radius 3 is 2.38 bits per heavy atom. The van der Waals surface area contributed by atoms with Crippen molar-refractivity contribution in [2.45, 2.75) is 13.3 Å². The van der Waals surface area contributed by atoms with Crippen molar-refractivity contribution in [2.75, 3.05) is 14.2 Å². The van der Waals surface area contributed by atoms with E-state index in [0.717, 1.165) is 11.1 Å². The van der Waals surface area contributed by atoms with Crippen LogP contribution in [0, 0.1) is 6.92 Å². The van der Waals surface area contributed by atoms with Crippen LogP contribution >= 0.6 is 0 Å². The van der Waals surface area contributed by atoms with Crippen LogP contribution in [0.1, 0.15) is 21.5 Å². The van der Waals surface area contributed by atoms with Crippen molar-refractivity contribution in [1.82, 2.24) is 0 Å². The van der Waals surface area contributed by atoms with E-state index < -0.39 is 0 Å². The van der Waals surface area contributed by atoms with Crippen molar-refractivity contribution in [3.05, 3.63) is 34.9 Å². The van der Waals surface area contributed by atoms with Gasteiger partial charge in [-0.2, -0.15) is 0 Å². The molecule has 0 radical (unpaired) electrons. The summed E-state index contributed by atoms with van der Waals surface area (Å²) in [5.41, 5.74) is 2.11. The van der Waals surface area contributed by atoms with Crippen LogP contribution in [0.3, 0.4) is 0 Å². The molecule has 1 aromatic rings. The van der Waals surface area contributed by atoms with Crippen LogP contribution in [0.25, 0.3) is 0 Å². The van der Waals surface area contributed by atoms with E-state index in [1.54, 1.807) is 25.1 Å². The van der Waals surface area contributed by atoms with Crippen LogP contribution in [-0.2, 0) is 20.7 Å². The monoisotopic (exact) mass is 222 g/mol. The lowest BCUT2D eigenvalue weighted by molar-refractivity contribution is -0.139. The van der Waals surface area contributed by atoms with Crippen molar-refractivity contribution in [2.24, 2.45) is 0 Å². The van der Waals surface area contributed by atoms with Crippen molar-refractivity contribution in [3.63, 3.8) is 0 Å². The number of hydrogen-bond donors (Lipinski definition) is 0. The minimum Gasteiger partial charge on any atom is -0.469 e. The van der Waals surface area contributed by atoms with Gasteiger partial charge in [0.15, 0.2) is 0 Å². The molecule has 1 rings (SSSR count). The number of aryl methyl sites for hydroxylation is 1. The van der Waals surface area contributed by atoms with Gasteiger partial charge in [0.1, 0.15) is 0 Å². The van der Waals surface area contributed by atoms with E-state index in [2.05, 4.69) is 9.47 Å². The largest absolute Gasteiger partial charge is 0.469 e. The van der Waals surface area contributed by atoms with Crippen LogP contribution in [0.5, 0.6) is 0 Å². The molecule has 0 aromatic heterocycles. The first kappa shape index (κ1) is 12.2. The lowest BCUT2D eigenvalue weighted by Gasteiger charge is -2.06. The van der Waals surface area contributed by atoms with Crippen molar-refractivity contribution in [3.8, 4) is 0 Å². The average Bonchev–Trinajstić information content (AvgIpc) is 2.28. The molecule has 0 saturated heterocycles. The Kier molecular flexibility index (Phi) is 4.05. The van der Waals surface area contributed by atoms with Gasteiger partial charge in [0.25, 0.3) is 0 Å². The van der Waals surface area contributed by atoms with Crippen LogP contribution in [-0.4, -0.2) is 26.2 Å². The van der Waals surface area contributed by atoms with Crippen molar-refractivity contribution in [1.29, 1.82) is 0 Å². The second-order valence-corrected chi connectivity index (χ2v) is 3.39. The Bertz CT molecular complexity index is 409. The summed E-state index contributed by atoms with van der Waals surface area (Å²) in [6.45, 7) is 1.80. The van der Waals surface area contributed by atoms with E-state index in [-0.39, 0.29) is 18.4 Å². The molecule has 0 heterocycles. The van der Waals surface area contributed by atoms with Gasteiger partial charge >= 0.3 is 11.9 Å². The summed E-state index contributed by atoms with van der Waals surface area (Å²) in [7, 11) is 2.68. The molecule has 0 aliphatic rings. The Morgan fingerprint density at radius 1 is 1.19 bits per heavy atom. The maximum absolute atomic E-state index is 11.3. The van der Waals surface area contributed by atoms with E-state index in [4.69, 9.17) is 0 Å². The van der Waals surface area contributed by atoms with Crippen LogP contribution < -0.4 is 0 Å². The van der Waals surface area contributed by atoms with E-state index in [1.165, 1.54) is 14.2 Å². The highest BCUT2D eigenvalue weighted by atomic mass is 16.5. The highest BCUT2D eigenvalue weighted by Gasteiger charge is 2.10. The van der Waals surface area contributed by atoms with Gasteiger partial charge < -0.3 is 9.47 Å². The summed E-state index contributed by atoms with van der Waals surface area (Å²) >= 11 is 0. The third-order valence-corrected chi connectivity index (χ3v) is 2.27. The predicted molar refractivity (Wildman–Crippen MR) is 58.2 cm³/mol. The first-order valence-electron chi connectivity index (χ1n) is 4.83. The summed E-state index contributed by atoms with van der Waals surface area (Å²) in [5, 5.41) is 0. The lowest BCUT2D eigenvalue weighted by Crippen LogP contribution is -2.07. The molecule has 0 atom stereocenters. The van der Waals surface area contributed by atoms with E-state index in [0.29, 0.717) is 5.56 Å². The fraction of sp³-hybridized carbons (Fsp3) is 0.333. The molecule has 0 bridgehead atoms. The maximum Gasteiger partial charge on any atom is 0.338 e. The topological polar surface area (TPSA) is 52.6 Å². The van der Waals surface area contributed by atoms with Gasteiger partial charge in [0.2, 0.25) is 0 Å². The second kappa shape index (κ2) is 5.30. The highest BCUT2D eigenvalue weighted by Crippen LogP contribution is 2.13. The number of esters is 2. The third-order valence-electron chi connectivity index (χ3n) is 2.27. The molecule has 0 spiro atoms. The van der Waals surface area contributed by atoms with Crippen LogP contribution in [0.15, 0.2) is 18.2 Å². The van der Waals surface area contributed by atoms with Crippen molar-refractivity contribution >= 4 is 11.9 Å². The molecule has 0 N–H and O–H groups in total. The van der Waals surface area contributed by atoms with Gasteiger partial charge in [-0.3, -0.25) is 4.79 Å².